The number of nitrogens with one attached hydrogen (secondary N) is 2. The quantitative estimate of drug-likeness (QED) is 0.772. The van der Waals surface area contributed by atoms with Crippen LogP contribution in [0, 0.1) is 5.82 Å². The number of hydrogen-bond donors (Lipinski definition) is 3. The fraction of sp³-hybridized carbons (Fsp3) is 0.500. The third kappa shape index (κ3) is 4.36. The van der Waals surface area contributed by atoms with Crippen molar-refractivity contribution >= 4 is 30.0 Å². The van der Waals surface area contributed by atoms with Crippen molar-refractivity contribution in [1.82, 2.24) is 10.2 Å². The van der Waals surface area contributed by atoms with Crippen LogP contribution in [0.5, 0.6) is 0 Å². The van der Waals surface area contributed by atoms with Crippen molar-refractivity contribution in [2.24, 2.45) is 5.73 Å². The monoisotopic (exact) mass is 356 g/mol. The Morgan fingerprint density at radius 2 is 1.75 bits per heavy atom. The number of carbonyl (C=O) groups excluding carboxylic acids is 2. The maximum absolute atomic E-state index is 12.8. The number of amides is 3. The third-order valence-corrected chi connectivity index (χ3v) is 4.43. The normalized spacial score (nSPS) is 19.2. The molecule has 0 spiro atoms. The SMILES string of the molecule is Cl.NC1(C(=O)N2CCC(NC(=O)Nc3ccc(F)cc3)CC2)CC1. The van der Waals surface area contributed by atoms with E-state index in [2.05, 4.69) is 10.6 Å². The average Bonchev–Trinajstić information content (AvgIpc) is 3.29. The fourth-order valence-corrected chi connectivity index (χ4v) is 2.78. The summed E-state index contributed by atoms with van der Waals surface area (Å²) in [6, 6.07) is 5.30. The van der Waals surface area contributed by atoms with Crippen LogP contribution in [-0.4, -0.2) is 41.5 Å². The predicted octanol–water partition coefficient (Wildman–Crippen LogP) is 1.85. The molecule has 1 heterocycles. The van der Waals surface area contributed by atoms with Gasteiger partial charge >= 0.3 is 6.03 Å². The molecule has 1 aromatic carbocycles. The zero-order valence-electron chi connectivity index (χ0n) is 13.3. The van der Waals surface area contributed by atoms with Crippen LogP contribution in [0.3, 0.4) is 0 Å². The number of carbonyl (C=O) groups is 2. The zero-order chi connectivity index (χ0) is 16.4. The number of urea groups is 1. The minimum atomic E-state index is -0.625. The summed E-state index contributed by atoms with van der Waals surface area (Å²) in [6.45, 7) is 1.22. The van der Waals surface area contributed by atoms with Crippen molar-refractivity contribution in [2.45, 2.75) is 37.3 Å². The molecule has 1 aromatic rings. The molecule has 24 heavy (non-hydrogen) atoms. The van der Waals surface area contributed by atoms with Gasteiger partial charge in [0.1, 0.15) is 5.82 Å². The van der Waals surface area contributed by atoms with Crippen molar-refractivity contribution in [2.75, 3.05) is 18.4 Å². The van der Waals surface area contributed by atoms with Crippen molar-refractivity contribution in [1.29, 1.82) is 0 Å². The first-order chi connectivity index (χ1) is 11.0. The van der Waals surface area contributed by atoms with E-state index in [0.717, 1.165) is 12.8 Å². The molecule has 0 atom stereocenters. The molecule has 0 bridgehead atoms. The molecule has 132 valence electrons. The van der Waals surface area contributed by atoms with Gasteiger partial charge < -0.3 is 21.3 Å². The Balaban J connectivity index is 0.00000208. The molecular weight excluding hydrogens is 335 g/mol. The lowest BCUT2D eigenvalue weighted by molar-refractivity contribution is -0.134. The molecule has 1 aliphatic carbocycles. The lowest BCUT2D eigenvalue weighted by atomic mass is 10.0. The number of benzene rings is 1. The van der Waals surface area contributed by atoms with Crippen LogP contribution in [0.25, 0.3) is 0 Å². The Morgan fingerprint density at radius 1 is 1.17 bits per heavy atom. The Bertz CT molecular complexity index is 599. The van der Waals surface area contributed by atoms with Gasteiger partial charge in [-0.2, -0.15) is 0 Å². The molecular formula is C16H22ClFN4O2. The first-order valence-electron chi connectivity index (χ1n) is 7.88. The number of likely N-dealkylation sites (tertiary alicyclic amines) is 1. The molecule has 3 amide bonds. The molecule has 1 saturated carbocycles. The Morgan fingerprint density at radius 3 is 2.29 bits per heavy atom. The van der Waals surface area contributed by atoms with Gasteiger partial charge in [0.2, 0.25) is 5.91 Å². The summed E-state index contributed by atoms with van der Waals surface area (Å²) < 4.78 is 12.8. The van der Waals surface area contributed by atoms with E-state index < -0.39 is 5.54 Å². The highest BCUT2D eigenvalue weighted by atomic mass is 35.5. The van der Waals surface area contributed by atoms with Gasteiger partial charge in [0, 0.05) is 24.8 Å². The molecule has 6 nitrogen and oxygen atoms in total. The standard InChI is InChI=1S/C16H21FN4O2.ClH/c17-11-1-3-12(4-2-11)19-15(23)20-13-5-9-21(10-6-13)14(22)16(18)7-8-16;/h1-4,13H,5-10,18H2,(H2,19,20,23);1H. The van der Waals surface area contributed by atoms with E-state index in [1.165, 1.54) is 24.3 Å². The summed E-state index contributed by atoms with van der Waals surface area (Å²) in [5.41, 5.74) is 5.85. The zero-order valence-corrected chi connectivity index (χ0v) is 14.1. The summed E-state index contributed by atoms with van der Waals surface area (Å²) in [6.07, 6.45) is 2.95. The number of nitrogens with two attached hydrogens (primary N) is 1. The lowest BCUT2D eigenvalue weighted by Crippen LogP contribution is -2.52. The highest BCUT2D eigenvalue weighted by molar-refractivity contribution is 5.90. The van der Waals surface area contributed by atoms with Gasteiger partial charge in [0.25, 0.3) is 0 Å². The van der Waals surface area contributed by atoms with E-state index in [0.29, 0.717) is 31.6 Å². The molecule has 0 radical (unpaired) electrons. The van der Waals surface area contributed by atoms with Crippen molar-refractivity contribution in [3.05, 3.63) is 30.1 Å². The molecule has 4 N–H and O–H groups in total. The molecule has 8 heteroatoms. The smallest absolute Gasteiger partial charge is 0.319 e. The van der Waals surface area contributed by atoms with Gasteiger partial charge in [-0.05, 0) is 49.9 Å². The molecule has 2 fully saturated rings. The van der Waals surface area contributed by atoms with Crippen LogP contribution in [0.15, 0.2) is 24.3 Å². The number of rotatable bonds is 3. The maximum Gasteiger partial charge on any atom is 0.319 e. The van der Waals surface area contributed by atoms with E-state index in [1.54, 1.807) is 4.90 Å². The summed E-state index contributed by atoms with van der Waals surface area (Å²) in [5.74, 6) is -0.312. The van der Waals surface area contributed by atoms with E-state index in [1.807, 2.05) is 0 Å². The second-order valence-electron chi connectivity index (χ2n) is 6.33. The molecule has 2 aliphatic rings. The first-order valence-corrected chi connectivity index (χ1v) is 7.88. The van der Waals surface area contributed by atoms with Gasteiger partial charge in [0.05, 0.1) is 5.54 Å². The van der Waals surface area contributed by atoms with Crippen LogP contribution in [0.4, 0.5) is 14.9 Å². The summed E-state index contributed by atoms with van der Waals surface area (Å²) in [4.78, 5) is 25.9. The predicted molar refractivity (Wildman–Crippen MR) is 91.6 cm³/mol. The highest BCUT2D eigenvalue weighted by Gasteiger charge is 2.48. The lowest BCUT2D eigenvalue weighted by Gasteiger charge is -2.33. The van der Waals surface area contributed by atoms with Gasteiger partial charge in [-0.15, -0.1) is 12.4 Å². The van der Waals surface area contributed by atoms with Gasteiger partial charge in [-0.3, -0.25) is 4.79 Å². The van der Waals surface area contributed by atoms with Crippen LogP contribution >= 0.6 is 12.4 Å². The minimum Gasteiger partial charge on any atom is -0.341 e. The van der Waals surface area contributed by atoms with E-state index in [-0.39, 0.29) is 36.2 Å². The topological polar surface area (TPSA) is 87.5 Å². The van der Waals surface area contributed by atoms with Crippen LogP contribution in [0.2, 0.25) is 0 Å². The van der Waals surface area contributed by atoms with Crippen molar-refractivity contribution in [3.63, 3.8) is 0 Å². The molecule has 3 rings (SSSR count). The Hall–Kier alpha value is -1.86. The average molecular weight is 357 g/mol. The Labute approximate surface area is 146 Å². The van der Waals surface area contributed by atoms with Crippen molar-refractivity contribution < 1.29 is 14.0 Å². The van der Waals surface area contributed by atoms with Crippen molar-refractivity contribution in [3.8, 4) is 0 Å². The number of anilines is 1. The van der Waals surface area contributed by atoms with Crippen LogP contribution < -0.4 is 16.4 Å². The second-order valence-corrected chi connectivity index (χ2v) is 6.33. The van der Waals surface area contributed by atoms with Gasteiger partial charge in [-0.25, -0.2) is 9.18 Å². The van der Waals surface area contributed by atoms with E-state index >= 15 is 0 Å². The molecule has 1 aliphatic heterocycles. The molecule has 1 saturated heterocycles. The minimum absolute atomic E-state index is 0. The number of halogens is 2. The van der Waals surface area contributed by atoms with E-state index in [4.69, 9.17) is 5.73 Å². The second kappa shape index (κ2) is 7.36. The van der Waals surface area contributed by atoms with Gasteiger partial charge in [-0.1, -0.05) is 0 Å². The number of hydrogen-bond acceptors (Lipinski definition) is 3. The van der Waals surface area contributed by atoms with E-state index in [9.17, 15) is 14.0 Å². The van der Waals surface area contributed by atoms with Crippen LogP contribution in [0.1, 0.15) is 25.7 Å². The highest BCUT2D eigenvalue weighted by Crippen LogP contribution is 2.34. The summed E-state index contributed by atoms with van der Waals surface area (Å²) in [5, 5.41) is 5.55. The largest absolute Gasteiger partial charge is 0.341 e. The number of nitrogens with zero attached hydrogens (tertiary/aromatic N) is 1. The Kier molecular flexibility index (Phi) is 5.66. The summed E-state index contributed by atoms with van der Waals surface area (Å²) >= 11 is 0. The molecule has 0 unspecified atom stereocenters. The fourth-order valence-electron chi connectivity index (χ4n) is 2.78. The van der Waals surface area contributed by atoms with Gasteiger partial charge in [0.15, 0.2) is 0 Å². The first kappa shape index (κ1) is 18.5. The number of piperidine rings is 1. The maximum atomic E-state index is 12.8. The van der Waals surface area contributed by atoms with Crippen LogP contribution in [-0.2, 0) is 4.79 Å². The summed E-state index contributed by atoms with van der Waals surface area (Å²) in [7, 11) is 0. The molecule has 0 aromatic heterocycles. The third-order valence-electron chi connectivity index (χ3n) is 4.43.